The van der Waals surface area contributed by atoms with Crippen LogP contribution in [0.2, 0.25) is 0 Å². The molecule has 1 aromatic heterocycles. The van der Waals surface area contributed by atoms with Crippen molar-refractivity contribution in [3.63, 3.8) is 0 Å². The van der Waals surface area contributed by atoms with Gasteiger partial charge in [-0.1, -0.05) is 0 Å². The van der Waals surface area contributed by atoms with E-state index in [0.29, 0.717) is 24.9 Å². The second-order valence-corrected chi connectivity index (χ2v) is 6.88. The number of nitrogens with zero attached hydrogens (tertiary/aromatic N) is 4. The van der Waals surface area contributed by atoms with Crippen molar-refractivity contribution in [2.45, 2.75) is 52.8 Å². The fourth-order valence-electron chi connectivity index (χ4n) is 2.54. The van der Waals surface area contributed by atoms with E-state index in [2.05, 4.69) is 25.7 Å². The fourth-order valence-corrected chi connectivity index (χ4v) is 2.54. The number of aliphatic imine (C=N–C) groups is 1. The summed E-state index contributed by atoms with van der Waals surface area (Å²) >= 11 is 0. The summed E-state index contributed by atoms with van der Waals surface area (Å²) in [6, 6.07) is 0.194. The molecule has 0 radical (unpaired) electrons. The Labute approximate surface area is 171 Å². The average molecular weight is 479 g/mol. The van der Waals surface area contributed by atoms with E-state index in [9.17, 15) is 4.79 Å². The Kier molecular flexibility index (Phi) is 8.74. The summed E-state index contributed by atoms with van der Waals surface area (Å²) in [6.07, 6.45) is 1.79. The normalized spacial score (nSPS) is 17.2. The van der Waals surface area contributed by atoms with Crippen molar-refractivity contribution in [2.75, 3.05) is 20.2 Å². The molecular formula is C16H30IN7O2. The van der Waals surface area contributed by atoms with Gasteiger partial charge in [-0.3, -0.25) is 9.79 Å². The number of primary amides is 1. The molecule has 0 saturated heterocycles. The predicted molar refractivity (Wildman–Crippen MR) is 110 cm³/mol. The number of aryl methyl sites for hydroxylation is 1. The molecule has 2 heterocycles. The molecule has 1 aromatic rings. The van der Waals surface area contributed by atoms with Crippen LogP contribution in [0.4, 0.5) is 0 Å². The van der Waals surface area contributed by atoms with Gasteiger partial charge in [0.1, 0.15) is 12.4 Å². The molecule has 2 rings (SSSR count). The lowest BCUT2D eigenvalue weighted by atomic mass is 9.93. The third-order valence-corrected chi connectivity index (χ3v) is 4.16. The quantitative estimate of drug-likeness (QED) is 0.297. The van der Waals surface area contributed by atoms with Gasteiger partial charge in [0.25, 0.3) is 0 Å². The van der Waals surface area contributed by atoms with Crippen LogP contribution in [0.1, 0.15) is 38.8 Å². The van der Waals surface area contributed by atoms with Crippen molar-refractivity contribution in [3.05, 3.63) is 11.6 Å². The minimum Gasteiger partial charge on any atom is -0.377 e. The highest BCUT2D eigenvalue weighted by molar-refractivity contribution is 14.0. The zero-order valence-corrected chi connectivity index (χ0v) is 18.2. The predicted octanol–water partition coefficient (Wildman–Crippen LogP) is 0.424. The summed E-state index contributed by atoms with van der Waals surface area (Å²) in [7, 11) is 1.64. The molecule has 1 aliphatic rings. The third-order valence-electron chi connectivity index (χ3n) is 4.16. The number of hydrogen-bond donors (Lipinski definition) is 3. The number of halogens is 1. The number of nitrogens with one attached hydrogen (secondary N) is 2. The number of fused-ring (bicyclic) bond motifs is 1. The first kappa shape index (κ1) is 22.6. The number of ether oxygens (including phenoxy) is 1. The molecule has 9 nitrogen and oxygen atoms in total. The van der Waals surface area contributed by atoms with Crippen LogP contribution in [0.3, 0.4) is 0 Å². The molecular weight excluding hydrogens is 449 g/mol. The molecule has 0 bridgehead atoms. The summed E-state index contributed by atoms with van der Waals surface area (Å²) in [5.74, 6) is 2.02. The minimum atomic E-state index is -0.678. The number of rotatable bonds is 7. The van der Waals surface area contributed by atoms with Crippen LogP contribution < -0.4 is 16.4 Å². The summed E-state index contributed by atoms with van der Waals surface area (Å²) in [6.45, 7) is 7.80. The van der Waals surface area contributed by atoms with Crippen LogP contribution in [0.15, 0.2) is 4.99 Å². The lowest BCUT2D eigenvalue weighted by Gasteiger charge is -2.26. The first-order chi connectivity index (χ1) is 11.9. The van der Waals surface area contributed by atoms with Gasteiger partial charge in [-0.25, -0.2) is 9.67 Å². The van der Waals surface area contributed by atoms with Crippen LogP contribution in [0.25, 0.3) is 0 Å². The lowest BCUT2D eigenvalue weighted by molar-refractivity contribution is -0.125. The van der Waals surface area contributed by atoms with Crippen molar-refractivity contribution in [1.82, 2.24) is 25.4 Å². The maximum atomic E-state index is 11.5. The third kappa shape index (κ3) is 6.08. The molecule has 26 heavy (non-hydrogen) atoms. The first-order valence-electron chi connectivity index (χ1n) is 8.62. The van der Waals surface area contributed by atoms with Crippen LogP contribution in [-0.4, -0.2) is 52.9 Å². The molecule has 0 aliphatic carbocycles. The van der Waals surface area contributed by atoms with Crippen molar-refractivity contribution < 1.29 is 9.53 Å². The molecule has 0 fully saturated rings. The van der Waals surface area contributed by atoms with Crippen LogP contribution in [0, 0.1) is 5.41 Å². The van der Waals surface area contributed by atoms with E-state index < -0.39 is 5.41 Å². The Hall–Kier alpha value is -1.43. The zero-order chi connectivity index (χ0) is 18.4. The maximum absolute atomic E-state index is 11.5. The second kappa shape index (κ2) is 10.0. The van der Waals surface area contributed by atoms with Crippen molar-refractivity contribution >= 4 is 35.8 Å². The number of carbonyl (C=O) groups excluding carboxylic acids is 1. The van der Waals surface area contributed by atoms with E-state index in [0.717, 1.165) is 31.8 Å². The Balaban J connectivity index is 0.00000338. The molecule has 148 valence electrons. The van der Waals surface area contributed by atoms with Gasteiger partial charge in [0.2, 0.25) is 5.91 Å². The van der Waals surface area contributed by atoms with Crippen molar-refractivity contribution in [3.8, 4) is 0 Å². The molecule has 10 heteroatoms. The van der Waals surface area contributed by atoms with Gasteiger partial charge in [-0.2, -0.15) is 5.10 Å². The van der Waals surface area contributed by atoms with Crippen LogP contribution >= 0.6 is 24.0 Å². The largest absolute Gasteiger partial charge is 0.377 e. The van der Waals surface area contributed by atoms with Crippen molar-refractivity contribution in [2.24, 2.45) is 16.1 Å². The van der Waals surface area contributed by atoms with Crippen molar-refractivity contribution in [1.29, 1.82) is 0 Å². The Morgan fingerprint density at radius 3 is 2.85 bits per heavy atom. The van der Waals surface area contributed by atoms with Gasteiger partial charge in [0, 0.05) is 26.1 Å². The highest BCUT2D eigenvalue weighted by Crippen LogP contribution is 2.15. The van der Waals surface area contributed by atoms with Crippen LogP contribution in [0.5, 0.6) is 0 Å². The number of carbonyl (C=O) groups is 1. The fraction of sp³-hybridized carbons (Fsp3) is 0.750. The summed E-state index contributed by atoms with van der Waals surface area (Å²) in [5, 5.41) is 11.1. The van der Waals surface area contributed by atoms with E-state index in [-0.39, 0.29) is 35.9 Å². The Morgan fingerprint density at radius 1 is 1.50 bits per heavy atom. The van der Waals surface area contributed by atoms with Crippen LogP contribution in [-0.2, 0) is 29.1 Å². The molecule has 1 atom stereocenters. The minimum absolute atomic E-state index is 0. The maximum Gasteiger partial charge on any atom is 0.224 e. The van der Waals surface area contributed by atoms with Gasteiger partial charge >= 0.3 is 0 Å². The zero-order valence-electron chi connectivity index (χ0n) is 15.9. The van der Waals surface area contributed by atoms with Gasteiger partial charge in [0.05, 0.1) is 18.5 Å². The number of guanidine groups is 1. The van der Waals surface area contributed by atoms with Gasteiger partial charge in [0.15, 0.2) is 11.8 Å². The molecule has 0 spiro atoms. The van der Waals surface area contributed by atoms with Gasteiger partial charge in [-0.15, -0.1) is 24.0 Å². The van der Waals surface area contributed by atoms with E-state index >= 15 is 0 Å². The lowest BCUT2D eigenvalue weighted by Crippen LogP contribution is -2.47. The Bertz CT molecular complexity index is 630. The Morgan fingerprint density at radius 2 is 2.23 bits per heavy atom. The molecule has 1 amide bonds. The van der Waals surface area contributed by atoms with Gasteiger partial charge < -0.3 is 21.1 Å². The summed E-state index contributed by atoms with van der Waals surface area (Å²) in [4.78, 5) is 20.5. The number of methoxy groups -OCH3 is 1. The molecule has 4 N–H and O–H groups in total. The topological polar surface area (TPSA) is 119 Å². The van der Waals surface area contributed by atoms with E-state index in [1.165, 1.54) is 0 Å². The van der Waals surface area contributed by atoms with Gasteiger partial charge in [-0.05, 0) is 27.2 Å². The second-order valence-electron chi connectivity index (χ2n) is 6.88. The number of amides is 1. The number of nitrogens with two attached hydrogens (primary N) is 1. The summed E-state index contributed by atoms with van der Waals surface area (Å²) < 4.78 is 7.01. The molecule has 1 aliphatic heterocycles. The molecule has 0 aromatic carbocycles. The summed E-state index contributed by atoms with van der Waals surface area (Å²) in [5.41, 5.74) is 4.74. The molecule has 0 saturated carbocycles. The van der Waals surface area contributed by atoms with E-state index in [1.54, 1.807) is 21.0 Å². The smallest absolute Gasteiger partial charge is 0.224 e. The van der Waals surface area contributed by atoms with E-state index in [4.69, 9.17) is 10.5 Å². The van der Waals surface area contributed by atoms with E-state index in [1.807, 2.05) is 11.6 Å². The monoisotopic (exact) mass is 479 g/mol. The number of hydrogen-bond acceptors (Lipinski definition) is 5. The highest BCUT2D eigenvalue weighted by atomic mass is 127. The SMILES string of the molecule is CCNC(=NCC(C)(C)C(N)=O)NC1CCc2nc(COC)nn2C1.I. The number of aromatic nitrogens is 3. The first-order valence-corrected chi connectivity index (χ1v) is 8.62. The average Bonchev–Trinajstić information content (AvgIpc) is 2.95. The standard InChI is InChI=1S/C16H29N7O2.HI/c1-5-18-15(19-10-16(2,3)14(17)24)20-11-6-7-13-21-12(9-25-4)22-23(13)8-11;/h11H,5-10H2,1-4H3,(H2,17,24)(H2,18,19,20);1H. The highest BCUT2D eigenvalue weighted by Gasteiger charge is 2.26. The molecule has 1 unspecified atom stereocenters.